The molecule has 0 aliphatic heterocycles. The summed E-state index contributed by atoms with van der Waals surface area (Å²) in [5.41, 5.74) is 0.722. The van der Waals surface area contributed by atoms with Crippen LogP contribution in [0.4, 0.5) is 0 Å². The van der Waals surface area contributed by atoms with Gasteiger partial charge in [0.25, 0.3) is 5.89 Å². The third-order valence-electron chi connectivity index (χ3n) is 3.73. The molecule has 1 unspecified atom stereocenters. The fraction of sp³-hybridized carbons (Fsp3) is 0.300. The molecule has 1 atom stereocenters. The van der Waals surface area contributed by atoms with Gasteiger partial charge in [0, 0.05) is 18.0 Å². The minimum Gasteiger partial charge on any atom is -0.494 e. The van der Waals surface area contributed by atoms with Crippen molar-refractivity contribution in [3.05, 3.63) is 54.7 Å². The molecule has 0 bridgehead atoms. The molecule has 0 amide bonds. The Labute approximate surface area is 162 Å². The van der Waals surface area contributed by atoms with Crippen LogP contribution < -0.4 is 9.47 Å². The Hall–Kier alpha value is -3.42. The number of rotatable bonds is 9. The zero-order valence-corrected chi connectivity index (χ0v) is 15.7. The first-order valence-corrected chi connectivity index (χ1v) is 8.95. The van der Waals surface area contributed by atoms with Gasteiger partial charge in [0.05, 0.1) is 19.6 Å². The van der Waals surface area contributed by atoms with Crippen LogP contribution in [-0.4, -0.2) is 34.3 Å². The Morgan fingerprint density at radius 2 is 1.89 bits per heavy atom. The molecule has 0 radical (unpaired) electrons. The number of pyridine rings is 1. The molecule has 0 aliphatic rings. The second-order valence-electron chi connectivity index (χ2n) is 5.83. The van der Waals surface area contributed by atoms with E-state index in [0.29, 0.717) is 18.2 Å². The molecule has 146 valence electrons. The van der Waals surface area contributed by atoms with E-state index in [9.17, 15) is 4.79 Å². The zero-order valence-electron chi connectivity index (χ0n) is 15.7. The summed E-state index contributed by atoms with van der Waals surface area (Å²) in [6.07, 6.45) is 2.73. The maximum absolute atomic E-state index is 12.0. The maximum Gasteiger partial charge on any atom is 0.310 e. The Kier molecular flexibility index (Phi) is 6.56. The quantitative estimate of drug-likeness (QED) is 0.517. The first-order valence-electron chi connectivity index (χ1n) is 8.95. The lowest BCUT2D eigenvalue weighted by Gasteiger charge is -2.10. The highest BCUT2D eigenvalue weighted by Crippen LogP contribution is 2.21. The lowest BCUT2D eigenvalue weighted by molar-refractivity contribution is -0.150. The third kappa shape index (κ3) is 5.29. The molecule has 2 aromatic heterocycles. The first-order chi connectivity index (χ1) is 13.7. The largest absolute Gasteiger partial charge is 0.494 e. The van der Waals surface area contributed by atoms with Crippen molar-refractivity contribution >= 4 is 5.97 Å². The van der Waals surface area contributed by atoms with E-state index < -0.39 is 12.1 Å². The minimum atomic E-state index is -0.657. The molecule has 8 nitrogen and oxygen atoms in total. The lowest BCUT2D eigenvalue weighted by atomic mass is 10.3. The van der Waals surface area contributed by atoms with E-state index in [4.69, 9.17) is 18.7 Å². The molecule has 0 saturated heterocycles. The van der Waals surface area contributed by atoms with E-state index in [2.05, 4.69) is 15.1 Å². The number of carbonyl (C=O) groups is 1. The molecule has 0 aliphatic carbocycles. The van der Waals surface area contributed by atoms with E-state index in [1.54, 1.807) is 37.5 Å². The number of benzene rings is 1. The first kappa shape index (κ1) is 19.3. The molecule has 0 saturated carbocycles. The van der Waals surface area contributed by atoms with Crippen molar-refractivity contribution < 1.29 is 23.5 Å². The number of hydrogen-bond donors (Lipinski definition) is 0. The highest BCUT2D eigenvalue weighted by atomic mass is 16.6. The van der Waals surface area contributed by atoms with Crippen LogP contribution in [0.3, 0.4) is 0 Å². The van der Waals surface area contributed by atoms with Crippen molar-refractivity contribution in [1.29, 1.82) is 0 Å². The summed E-state index contributed by atoms with van der Waals surface area (Å²) in [4.78, 5) is 20.3. The third-order valence-corrected chi connectivity index (χ3v) is 3.73. The van der Waals surface area contributed by atoms with Gasteiger partial charge in [-0.15, -0.1) is 0 Å². The second-order valence-corrected chi connectivity index (χ2v) is 5.83. The van der Waals surface area contributed by atoms with E-state index >= 15 is 0 Å². The molecular formula is C20H21N3O5. The smallest absolute Gasteiger partial charge is 0.310 e. The van der Waals surface area contributed by atoms with Crippen LogP contribution >= 0.6 is 0 Å². The van der Waals surface area contributed by atoms with Crippen molar-refractivity contribution in [1.82, 2.24) is 15.1 Å². The summed E-state index contributed by atoms with van der Waals surface area (Å²) in [5.74, 6) is 1.62. The number of carbonyl (C=O) groups excluding carboxylic acids is 1. The summed E-state index contributed by atoms with van der Waals surface area (Å²) in [7, 11) is 0. The van der Waals surface area contributed by atoms with E-state index in [1.165, 1.54) is 0 Å². The number of ether oxygens (including phenoxy) is 3. The average molecular weight is 383 g/mol. The van der Waals surface area contributed by atoms with Crippen LogP contribution in [0.25, 0.3) is 11.4 Å². The molecular weight excluding hydrogens is 362 g/mol. The van der Waals surface area contributed by atoms with Gasteiger partial charge in [-0.2, -0.15) is 4.98 Å². The Balaban J connectivity index is 1.45. The molecule has 0 spiro atoms. The fourth-order valence-corrected chi connectivity index (χ4v) is 2.37. The predicted octanol–water partition coefficient (Wildman–Crippen LogP) is 3.60. The Morgan fingerprint density at radius 3 is 2.57 bits per heavy atom. The molecule has 2 heterocycles. The molecule has 8 heteroatoms. The number of esters is 1. The van der Waals surface area contributed by atoms with Gasteiger partial charge in [0.1, 0.15) is 11.5 Å². The summed E-state index contributed by atoms with van der Waals surface area (Å²) in [6, 6.07) is 10.8. The van der Waals surface area contributed by atoms with Crippen molar-refractivity contribution in [3.8, 4) is 22.9 Å². The van der Waals surface area contributed by atoms with Gasteiger partial charge in [-0.3, -0.25) is 9.78 Å². The standard InChI is InChI=1S/C20H21N3O5/c1-3-25-16-6-8-17(9-7-16)26-12-10-18(24)27-14(2)20-22-19(23-28-20)15-5-4-11-21-13-15/h4-9,11,13-14H,3,10,12H2,1-2H3. The molecule has 3 rings (SSSR count). The van der Waals surface area contributed by atoms with Gasteiger partial charge in [-0.25, -0.2) is 0 Å². The zero-order chi connectivity index (χ0) is 19.8. The van der Waals surface area contributed by atoms with Crippen LogP contribution in [0.1, 0.15) is 32.3 Å². The van der Waals surface area contributed by atoms with Crippen molar-refractivity contribution in [2.24, 2.45) is 0 Å². The van der Waals surface area contributed by atoms with Crippen LogP contribution in [0.2, 0.25) is 0 Å². The van der Waals surface area contributed by atoms with Crippen LogP contribution in [0, 0.1) is 0 Å². The van der Waals surface area contributed by atoms with E-state index in [-0.39, 0.29) is 18.9 Å². The molecule has 3 aromatic rings. The van der Waals surface area contributed by atoms with Crippen LogP contribution in [0.5, 0.6) is 11.5 Å². The van der Waals surface area contributed by atoms with Gasteiger partial charge in [0.15, 0.2) is 6.10 Å². The predicted molar refractivity (Wildman–Crippen MR) is 99.8 cm³/mol. The van der Waals surface area contributed by atoms with E-state index in [1.807, 2.05) is 25.1 Å². The highest BCUT2D eigenvalue weighted by Gasteiger charge is 2.19. The van der Waals surface area contributed by atoms with Crippen molar-refractivity contribution in [2.45, 2.75) is 26.4 Å². The number of hydrogen-bond acceptors (Lipinski definition) is 8. The van der Waals surface area contributed by atoms with Crippen LogP contribution in [0.15, 0.2) is 53.3 Å². The average Bonchev–Trinajstić information content (AvgIpc) is 3.21. The summed E-state index contributed by atoms with van der Waals surface area (Å²) in [6.45, 7) is 4.40. The Bertz CT molecular complexity index is 880. The molecule has 1 aromatic carbocycles. The Morgan fingerprint density at radius 1 is 1.14 bits per heavy atom. The van der Waals surface area contributed by atoms with E-state index in [0.717, 1.165) is 11.3 Å². The van der Waals surface area contributed by atoms with Crippen LogP contribution in [-0.2, 0) is 9.53 Å². The normalized spacial score (nSPS) is 11.6. The molecule has 28 heavy (non-hydrogen) atoms. The van der Waals surface area contributed by atoms with Crippen molar-refractivity contribution in [2.75, 3.05) is 13.2 Å². The maximum atomic E-state index is 12.0. The van der Waals surface area contributed by atoms with Gasteiger partial charge in [0.2, 0.25) is 5.82 Å². The second kappa shape index (κ2) is 9.50. The highest BCUT2D eigenvalue weighted by molar-refractivity contribution is 5.69. The SMILES string of the molecule is CCOc1ccc(OCCC(=O)OC(C)c2nc(-c3cccnc3)no2)cc1. The van der Waals surface area contributed by atoms with Crippen molar-refractivity contribution in [3.63, 3.8) is 0 Å². The summed E-state index contributed by atoms with van der Waals surface area (Å²) < 4.78 is 21.4. The summed E-state index contributed by atoms with van der Waals surface area (Å²) in [5, 5.41) is 3.88. The monoisotopic (exact) mass is 383 g/mol. The topological polar surface area (TPSA) is 96.6 Å². The summed E-state index contributed by atoms with van der Waals surface area (Å²) >= 11 is 0. The van der Waals surface area contributed by atoms with Gasteiger partial charge >= 0.3 is 5.97 Å². The van der Waals surface area contributed by atoms with Gasteiger partial charge in [-0.05, 0) is 50.2 Å². The lowest BCUT2D eigenvalue weighted by Crippen LogP contribution is -2.12. The van der Waals surface area contributed by atoms with Gasteiger partial charge in [-0.1, -0.05) is 5.16 Å². The number of nitrogens with zero attached hydrogens (tertiary/aromatic N) is 3. The fourth-order valence-electron chi connectivity index (χ4n) is 2.37. The van der Waals surface area contributed by atoms with Gasteiger partial charge < -0.3 is 18.7 Å². The molecule has 0 fully saturated rings. The number of aromatic nitrogens is 3. The minimum absolute atomic E-state index is 0.0984. The molecule has 0 N–H and O–H groups in total.